The van der Waals surface area contributed by atoms with Crippen molar-refractivity contribution in [2.75, 3.05) is 26.2 Å². The van der Waals surface area contributed by atoms with E-state index < -0.39 is 5.82 Å². The highest BCUT2D eigenvalue weighted by atomic mass is 19.1. The van der Waals surface area contributed by atoms with Crippen LogP contribution in [0, 0.1) is 11.7 Å². The summed E-state index contributed by atoms with van der Waals surface area (Å²) in [5.41, 5.74) is 0.260. The first kappa shape index (κ1) is 14.8. The monoisotopic (exact) mass is 280 g/mol. The van der Waals surface area contributed by atoms with Crippen LogP contribution in [0.2, 0.25) is 0 Å². The summed E-state index contributed by atoms with van der Waals surface area (Å²) >= 11 is 0. The number of rotatable bonds is 5. The molecule has 0 spiro atoms. The summed E-state index contributed by atoms with van der Waals surface area (Å²) in [5, 5.41) is 6.17. The van der Waals surface area contributed by atoms with E-state index in [1.54, 1.807) is 13.0 Å². The molecule has 1 atom stereocenters. The first-order valence-corrected chi connectivity index (χ1v) is 7.12. The van der Waals surface area contributed by atoms with Gasteiger partial charge in [0.15, 0.2) is 11.6 Å². The van der Waals surface area contributed by atoms with Gasteiger partial charge in [-0.2, -0.15) is 0 Å². The molecule has 0 aliphatic carbocycles. The largest absolute Gasteiger partial charge is 0.490 e. The quantitative estimate of drug-likeness (QED) is 0.867. The zero-order valence-corrected chi connectivity index (χ0v) is 11.7. The van der Waals surface area contributed by atoms with Gasteiger partial charge in [-0.25, -0.2) is 4.39 Å². The number of hydrogen-bond donors (Lipinski definition) is 2. The molecule has 2 rings (SSSR count). The van der Waals surface area contributed by atoms with Gasteiger partial charge in [0.2, 0.25) is 0 Å². The van der Waals surface area contributed by atoms with Crippen LogP contribution in [0.5, 0.6) is 5.75 Å². The molecule has 1 amide bonds. The number of nitrogens with one attached hydrogen (secondary N) is 2. The average Bonchev–Trinajstić information content (AvgIpc) is 2.48. The van der Waals surface area contributed by atoms with Crippen molar-refractivity contribution < 1.29 is 13.9 Å². The summed E-state index contributed by atoms with van der Waals surface area (Å²) in [5.74, 6) is -0.302. The Balaban J connectivity index is 1.99. The van der Waals surface area contributed by atoms with Crippen molar-refractivity contribution in [2.24, 2.45) is 5.92 Å². The fraction of sp³-hybridized carbons (Fsp3) is 0.533. The molecule has 20 heavy (non-hydrogen) atoms. The van der Waals surface area contributed by atoms with Crippen molar-refractivity contribution >= 4 is 5.91 Å². The fourth-order valence-electron chi connectivity index (χ4n) is 2.41. The van der Waals surface area contributed by atoms with Crippen LogP contribution in [0.4, 0.5) is 4.39 Å². The molecule has 0 radical (unpaired) electrons. The minimum Gasteiger partial charge on any atom is -0.490 e. The summed E-state index contributed by atoms with van der Waals surface area (Å²) in [4.78, 5) is 12.2. The number of carbonyl (C=O) groups excluding carboxylic acids is 1. The van der Waals surface area contributed by atoms with Crippen LogP contribution in [-0.2, 0) is 0 Å². The molecule has 5 heteroatoms. The predicted molar refractivity (Wildman–Crippen MR) is 75.5 cm³/mol. The third-order valence-corrected chi connectivity index (χ3v) is 3.45. The molecule has 0 bridgehead atoms. The summed E-state index contributed by atoms with van der Waals surface area (Å²) < 4.78 is 18.9. The first-order chi connectivity index (χ1) is 9.72. The van der Waals surface area contributed by atoms with Crippen LogP contribution in [-0.4, -0.2) is 32.1 Å². The van der Waals surface area contributed by atoms with Crippen LogP contribution in [0.15, 0.2) is 18.2 Å². The number of para-hydroxylation sites is 1. The van der Waals surface area contributed by atoms with Gasteiger partial charge in [0, 0.05) is 6.54 Å². The Labute approximate surface area is 118 Å². The molecule has 1 unspecified atom stereocenters. The Morgan fingerprint density at radius 3 is 3.10 bits per heavy atom. The van der Waals surface area contributed by atoms with Crippen molar-refractivity contribution in [1.29, 1.82) is 0 Å². The van der Waals surface area contributed by atoms with E-state index >= 15 is 0 Å². The highest BCUT2D eigenvalue weighted by molar-refractivity contribution is 5.97. The molecule has 2 N–H and O–H groups in total. The summed E-state index contributed by atoms with van der Waals surface area (Å²) in [7, 11) is 0. The number of benzene rings is 1. The molecule has 1 aliphatic rings. The number of carbonyl (C=O) groups is 1. The molecule has 1 heterocycles. The smallest absolute Gasteiger partial charge is 0.255 e. The number of piperidine rings is 1. The van der Waals surface area contributed by atoms with E-state index in [0.717, 1.165) is 25.9 Å². The second-order valence-electron chi connectivity index (χ2n) is 4.97. The van der Waals surface area contributed by atoms with Crippen LogP contribution in [0.3, 0.4) is 0 Å². The van der Waals surface area contributed by atoms with Gasteiger partial charge in [0.05, 0.1) is 12.2 Å². The number of ether oxygens (including phenoxy) is 1. The maximum Gasteiger partial charge on any atom is 0.255 e. The van der Waals surface area contributed by atoms with Crippen molar-refractivity contribution in [3.8, 4) is 5.75 Å². The Bertz CT molecular complexity index is 459. The Hall–Kier alpha value is -1.62. The minimum atomic E-state index is -0.501. The van der Waals surface area contributed by atoms with Crippen LogP contribution in [0.1, 0.15) is 30.1 Å². The SMILES string of the molecule is CCOc1c(F)cccc1C(=O)NCC1CCCNC1. The predicted octanol–water partition coefficient (Wildman–Crippen LogP) is 1.95. The van der Waals surface area contributed by atoms with E-state index in [2.05, 4.69) is 10.6 Å². The highest BCUT2D eigenvalue weighted by Crippen LogP contribution is 2.22. The molecule has 1 fully saturated rings. The third kappa shape index (κ3) is 3.70. The molecule has 1 aromatic rings. The lowest BCUT2D eigenvalue weighted by molar-refractivity contribution is 0.0940. The van der Waals surface area contributed by atoms with E-state index in [1.165, 1.54) is 12.1 Å². The standard InChI is InChI=1S/C15H21FN2O2/c1-2-20-14-12(6-3-7-13(14)16)15(19)18-10-11-5-4-8-17-9-11/h3,6-7,11,17H,2,4-5,8-10H2,1H3,(H,18,19). The average molecular weight is 280 g/mol. The fourth-order valence-corrected chi connectivity index (χ4v) is 2.41. The van der Waals surface area contributed by atoms with Crippen molar-refractivity contribution in [3.05, 3.63) is 29.6 Å². The van der Waals surface area contributed by atoms with Gasteiger partial charge in [0.25, 0.3) is 5.91 Å². The van der Waals surface area contributed by atoms with Gasteiger partial charge in [-0.3, -0.25) is 4.79 Å². The van der Waals surface area contributed by atoms with Crippen LogP contribution < -0.4 is 15.4 Å². The molecule has 4 nitrogen and oxygen atoms in total. The van der Waals surface area contributed by atoms with Crippen LogP contribution >= 0.6 is 0 Å². The molecule has 0 aromatic heterocycles. The molecule has 0 saturated carbocycles. The normalized spacial score (nSPS) is 18.6. The van der Waals surface area contributed by atoms with E-state index in [1.807, 2.05) is 0 Å². The van der Waals surface area contributed by atoms with Gasteiger partial charge < -0.3 is 15.4 Å². The van der Waals surface area contributed by atoms with Gasteiger partial charge in [-0.1, -0.05) is 6.07 Å². The lowest BCUT2D eigenvalue weighted by Gasteiger charge is -2.23. The second kappa shape index (κ2) is 7.24. The van der Waals surface area contributed by atoms with E-state index in [4.69, 9.17) is 4.74 Å². The van der Waals surface area contributed by atoms with Crippen LogP contribution in [0.25, 0.3) is 0 Å². The maximum atomic E-state index is 13.7. The molecular formula is C15H21FN2O2. The zero-order valence-electron chi connectivity index (χ0n) is 11.7. The molecule has 1 aliphatic heterocycles. The minimum absolute atomic E-state index is 0.0364. The van der Waals surface area contributed by atoms with Gasteiger partial charge in [-0.05, 0) is 50.9 Å². The molecular weight excluding hydrogens is 259 g/mol. The summed E-state index contributed by atoms with van der Waals surface area (Å²) in [6.07, 6.45) is 2.24. The van der Waals surface area contributed by atoms with Gasteiger partial charge in [-0.15, -0.1) is 0 Å². The number of hydrogen-bond acceptors (Lipinski definition) is 3. The van der Waals surface area contributed by atoms with Crippen molar-refractivity contribution in [3.63, 3.8) is 0 Å². The van der Waals surface area contributed by atoms with Crippen molar-refractivity contribution in [2.45, 2.75) is 19.8 Å². The van der Waals surface area contributed by atoms with E-state index in [9.17, 15) is 9.18 Å². The van der Waals surface area contributed by atoms with Crippen molar-refractivity contribution in [1.82, 2.24) is 10.6 Å². The number of amides is 1. The first-order valence-electron chi connectivity index (χ1n) is 7.12. The van der Waals surface area contributed by atoms with E-state index in [-0.39, 0.29) is 17.2 Å². The molecule has 1 saturated heterocycles. The molecule has 110 valence electrons. The van der Waals surface area contributed by atoms with E-state index in [0.29, 0.717) is 19.1 Å². The number of halogens is 1. The maximum absolute atomic E-state index is 13.7. The lowest BCUT2D eigenvalue weighted by Crippen LogP contribution is -2.38. The Kier molecular flexibility index (Phi) is 5.35. The second-order valence-corrected chi connectivity index (χ2v) is 4.97. The highest BCUT2D eigenvalue weighted by Gasteiger charge is 2.18. The Morgan fingerprint density at radius 1 is 1.55 bits per heavy atom. The topological polar surface area (TPSA) is 50.4 Å². The van der Waals surface area contributed by atoms with Gasteiger partial charge >= 0.3 is 0 Å². The lowest BCUT2D eigenvalue weighted by atomic mass is 9.99. The van der Waals surface area contributed by atoms with Gasteiger partial charge in [0.1, 0.15) is 0 Å². The third-order valence-electron chi connectivity index (χ3n) is 3.45. The summed E-state index contributed by atoms with van der Waals surface area (Å²) in [6, 6.07) is 4.41. The summed E-state index contributed by atoms with van der Waals surface area (Å²) in [6.45, 7) is 4.66. The molecule has 1 aromatic carbocycles. The zero-order chi connectivity index (χ0) is 14.4. The Morgan fingerprint density at radius 2 is 2.40 bits per heavy atom.